The summed E-state index contributed by atoms with van der Waals surface area (Å²) in [6.07, 6.45) is 3.28. The number of nitrogens with one attached hydrogen (secondary N) is 1. The van der Waals surface area contributed by atoms with Gasteiger partial charge in [-0.1, -0.05) is 49.2 Å². The van der Waals surface area contributed by atoms with E-state index in [4.69, 9.17) is 0 Å². The van der Waals surface area contributed by atoms with Crippen molar-refractivity contribution >= 4 is 34.5 Å². The van der Waals surface area contributed by atoms with Crippen molar-refractivity contribution in [2.75, 3.05) is 6.54 Å². The maximum Gasteiger partial charge on any atom is 0.334 e. The first-order chi connectivity index (χ1) is 14.0. The molecule has 0 spiro atoms. The number of carbonyl (C=O) groups excluding carboxylic acids is 4. The Bertz CT molecular complexity index is 996. The molecule has 1 saturated heterocycles. The predicted molar refractivity (Wildman–Crippen MR) is 107 cm³/mol. The van der Waals surface area contributed by atoms with E-state index in [9.17, 15) is 19.2 Å². The number of fused-ring (bicyclic) bond motifs is 1. The van der Waals surface area contributed by atoms with Crippen molar-refractivity contribution in [1.29, 1.82) is 0 Å². The van der Waals surface area contributed by atoms with Crippen LogP contribution in [0.1, 0.15) is 44.2 Å². The highest BCUT2D eigenvalue weighted by Crippen LogP contribution is 2.27. The minimum atomic E-state index is -0.921. The second-order valence-electron chi connectivity index (χ2n) is 7.68. The minimum Gasteiger partial charge on any atom is -0.348 e. The molecule has 1 atom stereocenters. The van der Waals surface area contributed by atoms with Crippen LogP contribution < -0.4 is 5.32 Å². The average Bonchev–Trinajstić information content (AvgIpc) is 3.31. The zero-order valence-electron chi connectivity index (χ0n) is 16.3. The Hall–Kier alpha value is -3.22. The SMILES string of the molecule is CC(NC(=O)CN1C(=O)C(=O)N(C2CCCC2)C1=O)c1ccc2ccccc2c1. The zero-order chi connectivity index (χ0) is 20.5. The van der Waals surface area contributed by atoms with Gasteiger partial charge in [-0.15, -0.1) is 0 Å². The molecule has 1 unspecified atom stereocenters. The number of hydrogen-bond donors (Lipinski definition) is 1. The molecule has 7 heteroatoms. The first-order valence-electron chi connectivity index (χ1n) is 9.93. The fourth-order valence-electron chi connectivity index (χ4n) is 4.14. The van der Waals surface area contributed by atoms with Crippen molar-refractivity contribution in [3.8, 4) is 0 Å². The van der Waals surface area contributed by atoms with Crippen LogP contribution in [0.5, 0.6) is 0 Å². The molecule has 1 aliphatic heterocycles. The van der Waals surface area contributed by atoms with Gasteiger partial charge < -0.3 is 5.32 Å². The van der Waals surface area contributed by atoms with Crippen LogP contribution in [0.2, 0.25) is 0 Å². The number of urea groups is 1. The summed E-state index contributed by atoms with van der Waals surface area (Å²) in [4.78, 5) is 51.4. The summed E-state index contributed by atoms with van der Waals surface area (Å²) < 4.78 is 0. The Morgan fingerprint density at radius 1 is 1.03 bits per heavy atom. The number of hydrogen-bond acceptors (Lipinski definition) is 4. The number of carbonyl (C=O) groups is 4. The van der Waals surface area contributed by atoms with E-state index in [1.54, 1.807) is 0 Å². The number of nitrogens with zero attached hydrogens (tertiary/aromatic N) is 2. The molecule has 1 N–H and O–H groups in total. The zero-order valence-corrected chi connectivity index (χ0v) is 16.3. The van der Waals surface area contributed by atoms with Crippen LogP contribution in [0, 0.1) is 0 Å². The van der Waals surface area contributed by atoms with Gasteiger partial charge in [-0.2, -0.15) is 0 Å². The van der Waals surface area contributed by atoms with E-state index in [0.29, 0.717) is 12.8 Å². The second-order valence-corrected chi connectivity index (χ2v) is 7.68. The molecular formula is C22H23N3O4. The van der Waals surface area contributed by atoms with E-state index in [0.717, 1.165) is 39.0 Å². The number of benzene rings is 2. The highest BCUT2D eigenvalue weighted by molar-refractivity contribution is 6.45. The molecule has 5 amide bonds. The van der Waals surface area contributed by atoms with Crippen molar-refractivity contribution in [3.05, 3.63) is 48.0 Å². The minimum absolute atomic E-state index is 0.233. The Labute approximate surface area is 168 Å². The van der Waals surface area contributed by atoms with Gasteiger partial charge in [0.1, 0.15) is 6.54 Å². The molecule has 1 heterocycles. The lowest BCUT2D eigenvalue weighted by molar-refractivity contribution is -0.144. The maximum atomic E-state index is 12.6. The molecule has 0 aromatic heterocycles. The molecule has 2 aromatic carbocycles. The molecule has 0 radical (unpaired) electrons. The lowest BCUT2D eigenvalue weighted by Crippen LogP contribution is -2.43. The molecule has 0 bridgehead atoms. The lowest BCUT2D eigenvalue weighted by atomic mass is 10.0. The Morgan fingerprint density at radius 2 is 1.72 bits per heavy atom. The summed E-state index contributed by atoms with van der Waals surface area (Å²) >= 11 is 0. The summed E-state index contributed by atoms with van der Waals surface area (Å²) in [6.45, 7) is 1.39. The van der Waals surface area contributed by atoms with Gasteiger partial charge in [0.2, 0.25) is 5.91 Å². The van der Waals surface area contributed by atoms with Crippen molar-refractivity contribution in [1.82, 2.24) is 15.1 Å². The lowest BCUT2D eigenvalue weighted by Gasteiger charge is -2.21. The van der Waals surface area contributed by atoms with Gasteiger partial charge in [0.15, 0.2) is 0 Å². The van der Waals surface area contributed by atoms with Crippen LogP contribution in [-0.2, 0) is 14.4 Å². The molecule has 4 rings (SSSR count). The van der Waals surface area contributed by atoms with Crippen LogP contribution in [0.4, 0.5) is 4.79 Å². The van der Waals surface area contributed by atoms with E-state index in [-0.39, 0.29) is 12.1 Å². The van der Waals surface area contributed by atoms with Gasteiger partial charge >= 0.3 is 17.8 Å². The molecule has 7 nitrogen and oxygen atoms in total. The normalized spacial score (nSPS) is 18.7. The van der Waals surface area contributed by atoms with Crippen LogP contribution in [0.3, 0.4) is 0 Å². The van der Waals surface area contributed by atoms with Gasteiger partial charge in [0.05, 0.1) is 6.04 Å². The topological polar surface area (TPSA) is 86.8 Å². The highest BCUT2D eigenvalue weighted by Gasteiger charge is 2.48. The molecule has 2 aromatic rings. The second kappa shape index (κ2) is 7.66. The number of imide groups is 2. The third-order valence-corrected chi connectivity index (χ3v) is 5.73. The summed E-state index contributed by atoms with van der Waals surface area (Å²) in [5.41, 5.74) is 0.916. The smallest absolute Gasteiger partial charge is 0.334 e. The Kier molecular flexibility index (Phi) is 5.05. The van der Waals surface area contributed by atoms with E-state index in [2.05, 4.69) is 5.32 Å². The van der Waals surface area contributed by atoms with Crippen molar-refractivity contribution in [3.63, 3.8) is 0 Å². The van der Waals surface area contributed by atoms with Crippen LogP contribution in [0.15, 0.2) is 42.5 Å². The van der Waals surface area contributed by atoms with Crippen LogP contribution in [-0.4, -0.2) is 46.1 Å². The predicted octanol–water partition coefficient (Wildman–Crippen LogP) is 2.75. The van der Waals surface area contributed by atoms with Gasteiger partial charge in [-0.3, -0.25) is 19.3 Å². The van der Waals surface area contributed by atoms with Crippen LogP contribution >= 0.6 is 0 Å². The van der Waals surface area contributed by atoms with E-state index < -0.39 is 30.3 Å². The third kappa shape index (κ3) is 3.60. The van der Waals surface area contributed by atoms with Crippen LogP contribution in [0.25, 0.3) is 10.8 Å². The first-order valence-corrected chi connectivity index (χ1v) is 9.93. The van der Waals surface area contributed by atoms with Crippen molar-refractivity contribution < 1.29 is 19.2 Å². The Balaban J connectivity index is 1.42. The molecule has 2 aliphatic rings. The molecule has 29 heavy (non-hydrogen) atoms. The summed E-state index contributed by atoms with van der Waals surface area (Å²) in [6, 6.07) is 12.6. The molecule has 150 valence electrons. The summed E-state index contributed by atoms with van der Waals surface area (Å²) in [5, 5.41) is 4.98. The van der Waals surface area contributed by atoms with Crippen molar-refractivity contribution in [2.45, 2.75) is 44.7 Å². The monoisotopic (exact) mass is 393 g/mol. The van der Waals surface area contributed by atoms with Gasteiger partial charge in [0, 0.05) is 6.04 Å². The number of amides is 5. The fraction of sp³-hybridized carbons (Fsp3) is 0.364. The highest BCUT2D eigenvalue weighted by atomic mass is 16.2. The fourth-order valence-corrected chi connectivity index (χ4v) is 4.14. The Morgan fingerprint density at radius 3 is 2.45 bits per heavy atom. The summed E-state index contributed by atoms with van der Waals surface area (Å²) in [5.74, 6) is -2.22. The standard InChI is InChI=1S/C22H23N3O4/c1-14(16-11-10-15-6-2-3-7-17(15)12-16)23-19(26)13-24-20(27)21(28)25(22(24)29)18-8-4-5-9-18/h2-3,6-7,10-12,14,18H,4-5,8-9,13H2,1H3,(H,23,26). The van der Waals surface area contributed by atoms with E-state index in [1.165, 1.54) is 0 Å². The van der Waals surface area contributed by atoms with Gasteiger partial charge in [-0.05, 0) is 42.2 Å². The molecule has 1 aliphatic carbocycles. The van der Waals surface area contributed by atoms with E-state index >= 15 is 0 Å². The number of rotatable bonds is 5. The molecule has 1 saturated carbocycles. The quantitative estimate of drug-likeness (QED) is 0.625. The van der Waals surface area contributed by atoms with Crippen molar-refractivity contribution in [2.24, 2.45) is 0 Å². The maximum absolute atomic E-state index is 12.6. The molecule has 2 fully saturated rings. The molecular weight excluding hydrogens is 370 g/mol. The largest absolute Gasteiger partial charge is 0.348 e. The average molecular weight is 393 g/mol. The van der Waals surface area contributed by atoms with E-state index in [1.807, 2.05) is 49.4 Å². The van der Waals surface area contributed by atoms with Gasteiger partial charge in [0.25, 0.3) is 0 Å². The van der Waals surface area contributed by atoms with Gasteiger partial charge in [-0.25, -0.2) is 9.69 Å². The third-order valence-electron chi connectivity index (χ3n) is 5.73. The summed E-state index contributed by atoms with van der Waals surface area (Å²) in [7, 11) is 0. The first kappa shape index (κ1) is 19.1.